The summed E-state index contributed by atoms with van der Waals surface area (Å²) in [5.74, 6) is 0.802. The molecule has 3 heteroatoms. The van der Waals surface area contributed by atoms with E-state index in [2.05, 4.69) is 32.7 Å². The van der Waals surface area contributed by atoms with Gasteiger partial charge in [0.2, 0.25) is 0 Å². The number of nitrogens with zero attached hydrogens (tertiary/aromatic N) is 1. The first kappa shape index (κ1) is 13.0. The molecule has 3 nitrogen and oxygen atoms in total. The highest BCUT2D eigenvalue weighted by Gasteiger charge is 2.14. The molecule has 0 fully saturated rings. The number of rotatable bonds is 4. The molecule has 0 unspecified atom stereocenters. The van der Waals surface area contributed by atoms with Crippen LogP contribution in [0.4, 0.5) is 0 Å². The van der Waals surface area contributed by atoms with Crippen LogP contribution in [0.2, 0.25) is 0 Å². The maximum Gasteiger partial charge on any atom is 0.137 e. The molecule has 0 saturated carbocycles. The van der Waals surface area contributed by atoms with Crippen molar-refractivity contribution in [2.75, 3.05) is 6.61 Å². The Morgan fingerprint density at radius 3 is 2.62 bits per heavy atom. The fourth-order valence-electron chi connectivity index (χ4n) is 1.23. The fraction of sp³-hybridized carbons (Fsp3) is 0.615. The van der Waals surface area contributed by atoms with Gasteiger partial charge in [0.1, 0.15) is 12.4 Å². The molecule has 1 atom stereocenters. The van der Waals surface area contributed by atoms with Crippen molar-refractivity contribution in [3.05, 3.63) is 24.0 Å². The molecule has 1 aromatic rings. The smallest absolute Gasteiger partial charge is 0.137 e. The van der Waals surface area contributed by atoms with Crippen LogP contribution in [-0.4, -0.2) is 17.6 Å². The van der Waals surface area contributed by atoms with Gasteiger partial charge in [0.05, 0.1) is 6.20 Å². The maximum atomic E-state index is 5.80. The van der Waals surface area contributed by atoms with Gasteiger partial charge < -0.3 is 10.5 Å². The molecule has 0 spiro atoms. The minimum atomic E-state index is 0.0956. The van der Waals surface area contributed by atoms with Gasteiger partial charge in [-0.05, 0) is 23.5 Å². The highest BCUT2D eigenvalue weighted by atomic mass is 16.5. The van der Waals surface area contributed by atoms with Crippen molar-refractivity contribution < 1.29 is 4.74 Å². The Morgan fingerprint density at radius 1 is 1.38 bits per heavy atom. The quantitative estimate of drug-likeness (QED) is 0.851. The van der Waals surface area contributed by atoms with Gasteiger partial charge >= 0.3 is 0 Å². The van der Waals surface area contributed by atoms with E-state index in [4.69, 9.17) is 10.5 Å². The summed E-state index contributed by atoms with van der Waals surface area (Å²) in [6.45, 7) is 9.08. The summed E-state index contributed by atoms with van der Waals surface area (Å²) < 4.78 is 5.61. The van der Waals surface area contributed by atoms with Gasteiger partial charge in [-0.2, -0.15) is 0 Å². The Bertz CT molecular complexity index is 331. The largest absolute Gasteiger partial charge is 0.490 e. The Hall–Kier alpha value is -1.09. The molecule has 0 bridgehead atoms. The van der Waals surface area contributed by atoms with E-state index < -0.39 is 0 Å². The van der Waals surface area contributed by atoms with E-state index in [1.807, 2.05) is 12.3 Å². The molecule has 90 valence electrons. The van der Waals surface area contributed by atoms with Crippen molar-refractivity contribution in [3.8, 4) is 5.75 Å². The number of pyridine rings is 1. The van der Waals surface area contributed by atoms with Gasteiger partial charge in [-0.1, -0.05) is 27.7 Å². The number of nitrogens with two attached hydrogens (primary N) is 1. The average molecular weight is 222 g/mol. The Kier molecular flexibility index (Phi) is 4.30. The Balaban J connectivity index is 2.68. The van der Waals surface area contributed by atoms with Crippen LogP contribution in [0.15, 0.2) is 18.5 Å². The van der Waals surface area contributed by atoms with Crippen molar-refractivity contribution in [1.29, 1.82) is 0 Å². The second-order valence-corrected chi connectivity index (χ2v) is 5.14. The van der Waals surface area contributed by atoms with E-state index in [1.165, 1.54) is 5.56 Å². The van der Waals surface area contributed by atoms with E-state index in [9.17, 15) is 0 Å². The molecular formula is C13H22N2O. The predicted molar refractivity (Wildman–Crippen MR) is 66.7 cm³/mol. The molecule has 16 heavy (non-hydrogen) atoms. The first-order valence-electron chi connectivity index (χ1n) is 5.77. The van der Waals surface area contributed by atoms with Crippen LogP contribution in [0.1, 0.15) is 39.7 Å². The lowest BCUT2D eigenvalue weighted by molar-refractivity contribution is 0.283. The van der Waals surface area contributed by atoms with Crippen LogP contribution >= 0.6 is 0 Å². The van der Waals surface area contributed by atoms with Gasteiger partial charge in [0, 0.05) is 12.2 Å². The second kappa shape index (κ2) is 5.30. The zero-order valence-electron chi connectivity index (χ0n) is 10.7. The maximum absolute atomic E-state index is 5.80. The molecule has 0 aromatic carbocycles. The van der Waals surface area contributed by atoms with Gasteiger partial charge in [-0.15, -0.1) is 0 Å². The summed E-state index contributed by atoms with van der Waals surface area (Å²) in [5.41, 5.74) is 7.07. The van der Waals surface area contributed by atoms with E-state index in [0.29, 0.717) is 6.61 Å². The Labute approximate surface area is 98.0 Å². The number of hydrogen-bond acceptors (Lipinski definition) is 3. The standard InChI is InChI=1S/C13H22N2O/c1-5-11(14)9-16-12-6-10(7-15-8-12)13(2,3)4/h6-8,11H,5,9,14H2,1-4H3/t11-/m0/s1. The van der Waals surface area contributed by atoms with Gasteiger partial charge in [0.25, 0.3) is 0 Å². The molecule has 0 saturated heterocycles. The summed E-state index contributed by atoms with van der Waals surface area (Å²) in [5, 5.41) is 0. The molecule has 0 aliphatic rings. The Morgan fingerprint density at radius 2 is 2.06 bits per heavy atom. The highest BCUT2D eigenvalue weighted by Crippen LogP contribution is 2.24. The molecule has 1 rings (SSSR count). The third-order valence-corrected chi connectivity index (χ3v) is 2.57. The number of hydrogen-bond donors (Lipinski definition) is 1. The van der Waals surface area contributed by atoms with E-state index in [-0.39, 0.29) is 11.5 Å². The molecule has 0 amide bonds. The highest BCUT2D eigenvalue weighted by molar-refractivity contribution is 5.28. The molecule has 0 radical (unpaired) electrons. The first-order valence-corrected chi connectivity index (χ1v) is 5.77. The molecule has 1 heterocycles. The minimum absolute atomic E-state index is 0.0956. The van der Waals surface area contributed by atoms with Crippen molar-refractivity contribution in [2.45, 2.75) is 45.6 Å². The summed E-state index contributed by atoms with van der Waals surface area (Å²) in [6.07, 6.45) is 4.54. The van der Waals surface area contributed by atoms with E-state index in [0.717, 1.165) is 12.2 Å². The molecule has 0 aliphatic carbocycles. The third kappa shape index (κ3) is 3.81. The topological polar surface area (TPSA) is 48.1 Å². The molecule has 1 aromatic heterocycles. The van der Waals surface area contributed by atoms with Gasteiger partial charge in [-0.25, -0.2) is 0 Å². The van der Waals surface area contributed by atoms with Crippen LogP contribution in [-0.2, 0) is 5.41 Å². The lowest BCUT2D eigenvalue weighted by Gasteiger charge is -2.19. The average Bonchev–Trinajstić information content (AvgIpc) is 2.25. The van der Waals surface area contributed by atoms with Crippen molar-refractivity contribution >= 4 is 0 Å². The lowest BCUT2D eigenvalue weighted by Crippen LogP contribution is -2.26. The first-order chi connectivity index (χ1) is 7.43. The molecule has 2 N–H and O–H groups in total. The summed E-state index contributed by atoms with van der Waals surface area (Å²) >= 11 is 0. The van der Waals surface area contributed by atoms with Gasteiger partial charge in [0.15, 0.2) is 0 Å². The third-order valence-electron chi connectivity index (χ3n) is 2.57. The van der Waals surface area contributed by atoms with E-state index in [1.54, 1.807) is 6.20 Å². The molecular weight excluding hydrogens is 200 g/mol. The molecule has 0 aliphatic heterocycles. The second-order valence-electron chi connectivity index (χ2n) is 5.14. The number of aromatic nitrogens is 1. The van der Waals surface area contributed by atoms with Crippen LogP contribution in [0, 0.1) is 0 Å². The van der Waals surface area contributed by atoms with Crippen molar-refractivity contribution in [2.24, 2.45) is 5.73 Å². The van der Waals surface area contributed by atoms with Gasteiger partial charge in [-0.3, -0.25) is 4.98 Å². The SMILES string of the molecule is CC[C@H](N)COc1cncc(C(C)(C)C)c1. The van der Waals surface area contributed by atoms with Crippen molar-refractivity contribution in [1.82, 2.24) is 4.98 Å². The summed E-state index contributed by atoms with van der Waals surface area (Å²) in [6, 6.07) is 2.13. The fourth-order valence-corrected chi connectivity index (χ4v) is 1.23. The van der Waals surface area contributed by atoms with Crippen LogP contribution in [0.3, 0.4) is 0 Å². The predicted octanol–water partition coefficient (Wildman–Crippen LogP) is 2.50. The monoisotopic (exact) mass is 222 g/mol. The normalized spacial score (nSPS) is 13.6. The zero-order chi connectivity index (χ0) is 12.2. The zero-order valence-corrected chi connectivity index (χ0v) is 10.7. The lowest BCUT2D eigenvalue weighted by atomic mass is 9.88. The van der Waals surface area contributed by atoms with Crippen LogP contribution in [0.5, 0.6) is 5.75 Å². The number of ether oxygens (including phenoxy) is 1. The van der Waals surface area contributed by atoms with Crippen molar-refractivity contribution in [3.63, 3.8) is 0 Å². The van der Waals surface area contributed by atoms with Crippen LogP contribution in [0.25, 0.3) is 0 Å². The minimum Gasteiger partial charge on any atom is -0.490 e. The summed E-state index contributed by atoms with van der Waals surface area (Å²) in [7, 11) is 0. The summed E-state index contributed by atoms with van der Waals surface area (Å²) in [4.78, 5) is 4.19. The van der Waals surface area contributed by atoms with Crippen LogP contribution < -0.4 is 10.5 Å². The van der Waals surface area contributed by atoms with E-state index >= 15 is 0 Å².